The average molecular weight is 295 g/mol. The molecular formula is C15H18FNO4. The molecule has 1 aromatic carbocycles. The molecule has 114 valence electrons. The Balaban J connectivity index is 2.14. The molecule has 0 aromatic heterocycles. The van der Waals surface area contributed by atoms with Crippen molar-refractivity contribution in [3.63, 3.8) is 0 Å². The molecule has 1 aliphatic carbocycles. The molecule has 6 heteroatoms. The van der Waals surface area contributed by atoms with E-state index < -0.39 is 29.5 Å². The third-order valence-electron chi connectivity index (χ3n) is 3.85. The molecule has 1 saturated carbocycles. The maximum Gasteiger partial charge on any atom is 0.307 e. The van der Waals surface area contributed by atoms with E-state index in [9.17, 15) is 19.1 Å². The number of hydrogen-bond acceptors (Lipinski definition) is 3. The van der Waals surface area contributed by atoms with Crippen LogP contribution in [0.4, 0.5) is 10.1 Å². The van der Waals surface area contributed by atoms with Gasteiger partial charge >= 0.3 is 5.97 Å². The van der Waals surface area contributed by atoms with Crippen molar-refractivity contribution in [2.45, 2.75) is 25.7 Å². The Morgan fingerprint density at radius 3 is 2.57 bits per heavy atom. The van der Waals surface area contributed by atoms with Gasteiger partial charge in [0.25, 0.3) is 0 Å². The molecule has 0 aliphatic heterocycles. The smallest absolute Gasteiger partial charge is 0.307 e. The number of ether oxygens (including phenoxy) is 1. The minimum Gasteiger partial charge on any atom is -0.497 e. The Morgan fingerprint density at radius 1 is 1.29 bits per heavy atom. The molecule has 0 unspecified atom stereocenters. The van der Waals surface area contributed by atoms with Crippen LogP contribution in [-0.2, 0) is 9.59 Å². The van der Waals surface area contributed by atoms with Crippen LogP contribution < -0.4 is 10.1 Å². The molecule has 2 atom stereocenters. The number of aliphatic carboxylic acids is 1. The number of methoxy groups -OCH3 is 1. The van der Waals surface area contributed by atoms with Crippen LogP contribution in [0.2, 0.25) is 0 Å². The normalized spacial score (nSPS) is 21.6. The number of carbonyl (C=O) groups excluding carboxylic acids is 1. The molecule has 0 saturated heterocycles. The molecule has 2 N–H and O–H groups in total. The maximum atomic E-state index is 13.7. The summed E-state index contributed by atoms with van der Waals surface area (Å²) in [7, 11) is 1.44. The van der Waals surface area contributed by atoms with Gasteiger partial charge in [-0.2, -0.15) is 0 Å². The van der Waals surface area contributed by atoms with Gasteiger partial charge in [0.15, 0.2) is 0 Å². The Kier molecular flexibility index (Phi) is 4.77. The molecule has 0 radical (unpaired) electrons. The van der Waals surface area contributed by atoms with E-state index in [0.717, 1.165) is 12.8 Å². The van der Waals surface area contributed by atoms with Crippen molar-refractivity contribution in [2.24, 2.45) is 11.8 Å². The van der Waals surface area contributed by atoms with Crippen molar-refractivity contribution >= 4 is 17.6 Å². The molecule has 5 nitrogen and oxygen atoms in total. The van der Waals surface area contributed by atoms with Gasteiger partial charge < -0.3 is 15.2 Å². The number of anilines is 1. The first-order valence-corrected chi connectivity index (χ1v) is 6.90. The Labute approximate surface area is 122 Å². The average Bonchev–Trinajstić information content (AvgIpc) is 2.49. The number of carbonyl (C=O) groups is 2. The summed E-state index contributed by atoms with van der Waals surface area (Å²) in [6, 6.07) is 4.03. The van der Waals surface area contributed by atoms with Crippen LogP contribution in [0.5, 0.6) is 5.75 Å². The number of nitrogens with one attached hydrogen (secondary N) is 1. The Morgan fingerprint density at radius 2 is 1.95 bits per heavy atom. The monoisotopic (exact) mass is 295 g/mol. The summed E-state index contributed by atoms with van der Waals surface area (Å²) >= 11 is 0. The van der Waals surface area contributed by atoms with Crippen LogP contribution in [0.1, 0.15) is 25.7 Å². The van der Waals surface area contributed by atoms with Crippen LogP contribution in [0.15, 0.2) is 18.2 Å². The summed E-state index contributed by atoms with van der Waals surface area (Å²) in [5.41, 5.74) is 0.00839. The van der Waals surface area contributed by atoms with Crippen LogP contribution in [0, 0.1) is 17.7 Å². The second kappa shape index (κ2) is 6.56. The number of carboxylic acids is 1. The fraction of sp³-hybridized carbons (Fsp3) is 0.467. The first-order chi connectivity index (χ1) is 10.0. The molecule has 1 amide bonds. The quantitative estimate of drug-likeness (QED) is 0.895. The number of carboxylic acid groups (broad SMARTS) is 1. The topological polar surface area (TPSA) is 75.6 Å². The van der Waals surface area contributed by atoms with Gasteiger partial charge in [0, 0.05) is 6.07 Å². The van der Waals surface area contributed by atoms with Gasteiger partial charge in [-0.1, -0.05) is 12.8 Å². The first kappa shape index (κ1) is 15.3. The third-order valence-corrected chi connectivity index (χ3v) is 3.85. The molecule has 0 heterocycles. The van der Waals surface area contributed by atoms with Crippen molar-refractivity contribution in [3.05, 3.63) is 24.0 Å². The van der Waals surface area contributed by atoms with Crippen LogP contribution in [-0.4, -0.2) is 24.1 Å². The zero-order valence-electron chi connectivity index (χ0n) is 11.8. The van der Waals surface area contributed by atoms with Gasteiger partial charge in [0.05, 0.1) is 24.6 Å². The lowest BCUT2D eigenvalue weighted by molar-refractivity contribution is -0.147. The Bertz CT molecular complexity index is 546. The van der Waals surface area contributed by atoms with Crippen molar-refractivity contribution in [2.75, 3.05) is 12.4 Å². The number of halogens is 1. The number of hydrogen-bond donors (Lipinski definition) is 2. The molecule has 0 bridgehead atoms. The SMILES string of the molecule is COc1ccc(F)c(NC(=O)[C@@H]2CCCC[C@@H]2C(=O)O)c1. The van der Waals surface area contributed by atoms with Crippen molar-refractivity contribution in [1.29, 1.82) is 0 Å². The van der Waals surface area contributed by atoms with E-state index in [1.54, 1.807) is 0 Å². The summed E-state index contributed by atoms with van der Waals surface area (Å²) in [6.45, 7) is 0. The summed E-state index contributed by atoms with van der Waals surface area (Å²) in [6.07, 6.45) is 2.60. The second-order valence-electron chi connectivity index (χ2n) is 5.17. The van der Waals surface area contributed by atoms with Crippen molar-refractivity contribution in [3.8, 4) is 5.75 Å². The van der Waals surface area contributed by atoms with Crippen molar-refractivity contribution in [1.82, 2.24) is 0 Å². The molecule has 1 aliphatic rings. The van der Waals surface area contributed by atoms with Gasteiger partial charge in [-0.05, 0) is 25.0 Å². The molecule has 21 heavy (non-hydrogen) atoms. The van der Waals surface area contributed by atoms with Gasteiger partial charge in [-0.25, -0.2) is 4.39 Å². The van der Waals surface area contributed by atoms with Gasteiger partial charge in [-0.15, -0.1) is 0 Å². The van der Waals surface area contributed by atoms with E-state index in [-0.39, 0.29) is 5.69 Å². The van der Waals surface area contributed by atoms with E-state index >= 15 is 0 Å². The van der Waals surface area contributed by atoms with Gasteiger partial charge in [0.1, 0.15) is 11.6 Å². The highest BCUT2D eigenvalue weighted by molar-refractivity contribution is 5.95. The van der Waals surface area contributed by atoms with Gasteiger partial charge in [-0.3, -0.25) is 9.59 Å². The predicted octanol–water partition coefficient (Wildman–Crippen LogP) is 2.66. The van der Waals surface area contributed by atoms with E-state index in [1.165, 1.54) is 25.3 Å². The summed E-state index contributed by atoms with van der Waals surface area (Å²) in [5.74, 6) is -2.90. The fourth-order valence-electron chi connectivity index (χ4n) is 2.69. The number of rotatable bonds is 4. The standard InChI is InChI=1S/C15H18FNO4/c1-21-9-6-7-12(16)13(8-9)17-14(18)10-4-2-3-5-11(10)15(19)20/h6-8,10-11H,2-5H2,1H3,(H,17,18)(H,19,20)/t10-,11+/m1/s1. The second-order valence-corrected chi connectivity index (χ2v) is 5.17. The molecule has 1 aromatic rings. The summed E-state index contributed by atoms with van der Waals surface area (Å²) in [5, 5.41) is 11.7. The fourth-order valence-corrected chi connectivity index (χ4v) is 2.69. The summed E-state index contributed by atoms with van der Waals surface area (Å²) < 4.78 is 18.7. The largest absolute Gasteiger partial charge is 0.497 e. The highest BCUT2D eigenvalue weighted by Crippen LogP contribution is 2.32. The predicted molar refractivity (Wildman–Crippen MR) is 74.7 cm³/mol. The lowest BCUT2D eigenvalue weighted by Crippen LogP contribution is -2.36. The molecule has 1 fully saturated rings. The lowest BCUT2D eigenvalue weighted by atomic mass is 9.78. The zero-order valence-corrected chi connectivity index (χ0v) is 11.8. The lowest BCUT2D eigenvalue weighted by Gasteiger charge is -2.27. The summed E-state index contributed by atoms with van der Waals surface area (Å²) in [4.78, 5) is 23.5. The Hall–Kier alpha value is -2.11. The van der Waals surface area contributed by atoms with E-state index in [2.05, 4.69) is 5.32 Å². The molecular weight excluding hydrogens is 277 g/mol. The maximum absolute atomic E-state index is 13.7. The van der Waals surface area contributed by atoms with E-state index in [1.807, 2.05) is 0 Å². The first-order valence-electron chi connectivity index (χ1n) is 6.90. The van der Waals surface area contributed by atoms with Crippen LogP contribution in [0.25, 0.3) is 0 Å². The van der Waals surface area contributed by atoms with Gasteiger partial charge in [0.2, 0.25) is 5.91 Å². The highest BCUT2D eigenvalue weighted by atomic mass is 19.1. The number of benzene rings is 1. The zero-order chi connectivity index (χ0) is 15.4. The highest BCUT2D eigenvalue weighted by Gasteiger charge is 2.35. The van der Waals surface area contributed by atoms with Crippen molar-refractivity contribution < 1.29 is 23.8 Å². The van der Waals surface area contributed by atoms with E-state index in [0.29, 0.717) is 18.6 Å². The molecule has 2 rings (SSSR count). The van der Waals surface area contributed by atoms with E-state index in [4.69, 9.17) is 4.74 Å². The van der Waals surface area contributed by atoms with Crippen LogP contribution >= 0.6 is 0 Å². The van der Waals surface area contributed by atoms with Crippen LogP contribution in [0.3, 0.4) is 0 Å². The third kappa shape index (κ3) is 3.51. The minimum absolute atomic E-state index is 0.00839. The number of amides is 1. The minimum atomic E-state index is -0.971. The molecule has 0 spiro atoms.